The van der Waals surface area contributed by atoms with E-state index in [9.17, 15) is 0 Å². The molecule has 134 valence electrons. The molecule has 2 saturated heterocycles. The van der Waals surface area contributed by atoms with Gasteiger partial charge in [0, 0.05) is 57.4 Å². The van der Waals surface area contributed by atoms with Crippen molar-refractivity contribution in [2.45, 2.75) is 31.4 Å². The molecule has 2 aromatic rings. The number of aromatic nitrogens is 4. The van der Waals surface area contributed by atoms with Crippen LogP contribution in [-0.4, -0.2) is 56.6 Å². The van der Waals surface area contributed by atoms with Crippen LogP contribution in [-0.2, 0) is 18.3 Å². The Morgan fingerprint density at radius 2 is 2.24 bits per heavy atom. The minimum Gasteiger partial charge on any atom is -0.477 e. The Hall–Kier alpha value is -1.99. The van der Waals surface area contributed by atoms with Crippen molar-refractivity contribution in [1.29, 1.82) is 0 Å². The van der Waals surface area contributed by atoms with E-state index >= 15 is 0 Å². The first-order valence-electron chi connectivity index (χ1n) is 8.93. The monoisotopic (exact) mass is 343 g/mol. The van der Waals surface area contributed by atoms with Gasteiger partial charge in [-0.2, -0.15) is 5.10 Å². The zero-order valence-electron chi connectivity index (χ0n) is 14.7. The molecule has 4 heterocycles. The average molecular weight is 343 g/mol. The van der Waals surface area contributed by atoms with Crippen molar-refractivity contribution >= 4 is 0 Å². The molecule has 4 rings (SSSR count). The highest BCUT2D eigenvalue weighted by Gasteiger charge is 2.47. The summed E-state index contributed by atoms with van der Waals surface area (Å²) in [7, 11) is 1.96. The number of nitrogens with zero attached hydrogens (tertiary/aromatic N) is 5. The van der Waals surface area contributed by atoms with Crippen LogP contribution in [0.4, 0.5) is 0 Å². The van der Waals surface area contributed by atoms with Crippen LogP contribution in [0.1, 0.15) is 24.8 Å². The lowest BCUT2D eigenvalue weighted by Gasteiger charge is -2.53. The van der Waals surface area contributed by atoms with Gasteiger partial charge in [0.05, 0.1) is 24.6 Å². The van der Waals surface area contributed by atoms with Gasteiger partial charge < -0.3 is 9.47 Å². The van der Waals surface area contributed by atoms with Gasteiger partial charge in [0.2, 0.25) is 5.88 Å². The number of hydrogen-bond acceptors (Lipinski definition) is 6. The lowest BCUT2D eigenvalue weighted by molar-refractivity contribution is -0.182. The molecule has 0 aromatic carbocycles. The highest BCUT2D eigenvalue weighted by Crippen LogP contribution is 2.38. The van der Waals surface area contributed by atoms with Crippen molar-refractivity contribution in [3.63, 3.8) is 0 Å². The summed E-state index contributed by atoms with van der Waals surface area (Å²) >= 11 is 0. The van der Waals surface area contributed by atoms with Crippen LogP contribution in [0.2, 0.25) is 0 Å². The van der Waals surface area contributed by atoms with E-state index in [2.05, 4.69) is 26.2 Å². The van der Waals surface area contributed by atoms with Gasteiger partial charge in [-0.25, -0.2) is 4.98 Å². The van der Waals surface area contributed by atoms with Gasteiger partial charge in [0.1, 0.15) is 0 Å². The Morgan fingerprint density at radius 3 is 3.00 bits per heavy atom. The summed E-state index contributed by atoms with van der Waals surface area (Å²) in [5.74, 6) is 1.27. The summed E-state index contributed by atoms with van der Waals surface area (Å²) in [5.41, 5.74) is 1.32. The SMILES string of the molecule is Cn1cc(CN2CC3(C[C@H](CCOc4cnccn4)CCO3)C2)cn1. The molecule has 1 spiro atoms. The molecule has 0 radical (unpaired) electrons. The van der Waals surface area contributed by atoms with Crippen molar-refractivity contribution in [2.24, 2.45) is 13.0 Å². The Balaban J connectivity index is 1.22. The molecular formula is C18H25N5O2. The Morgan fingerprint density at radius 1 is 1.32 bits per heavy atom. The van der Waals surface area contributed by atoms with Crippen LogP contribution in [0.5, 0.6) is 5.88 Å². The highest BCUT2D eigenvalue weighted by molar-refractivity contribution is 5.08. The quantitative estimate of drug-likeness (QED) is 0.795. The predicted octanol–water partition coefficient (Wildman–Crippen LogP) is 1.66. The molecule has 2 aliphatic rings. The first-order chi connectivity index (χ1) is 12.2. The van der Waals surface area contributed by atoms with Gasteiger partial charge in [-0.15, -0.1) is 0 Å². The Kier molecular flexibility index (Phi) is 4.67. The maximum atomic E-state index is 6.14. The number of hydrogen-bond donors (Lipinski definition) is 0. The summed E-state index contributed by atoms with van der Waals surface area (Å²) in [6, 6.07) is 0. The molecule has 2 aromatic heterocycles. The van der Waals surface area contributed by atoms with E-state index in [4.69, 9.17) is 9.47 Å². The third-order valence-corrected chi connectivity index (χ3v) is 5.10. The van der Waals surface area contributed by atoms with Crippen LogP contribution >= 0.6 is 0 Å². The fraction of sp³-hybridized carbons (Fsp3) is 0.611. The first-order valence-corrected chi connectivity index (χ1v) is 8.93. The summed E-state index contributed by atoms with van der Waals surface area (Å²) in [6.45, 7) is 4.54. The van der Waals surface area contributed by atoms with Gasteiger partial charge in [-0.3, -0.25) is 14.6 Å². The third kappa shape index (κ3) is 3.99. The van der Waals surface area contributed by atoms with Gasteiger partial charge in [0.25, 0.3) is 0 Å². The molecule has 25 heavy (non-hydrogen) atoms. The number of ether oxygens (including phenoxy) is 2. The van der Waals surface area contributed by atoms with Crippen LogP contribution in [0.3, 0.4) is 0 Å². The van der Waals surface area contributed by atoms with E-state index in [1.807, 2.05) is 17.9 Å². The molecule has 1 atom stereocenters. The van der Waals surface area contributed by atoms with E-state index in [1.54, 1.807) is 18.6 Å². The van der Waals surface area contributed by atoms with Gasteiger partial charge in [-0.1, -0.05) is 0 Å². The second-order valence-electron chi connectivity index (χ2n) is 7.24. The molecule has 0 bridgehead atoms. The molecule has 0 aliphatic carbocycles. The van der Waals surface area contributed by atoms with E-state index in [0.717, 1.165) is 45.5 Å². The van der Waals surface area contributed by atoms with E-state index in [0.29, 0.717) is 18.4 Å². The normalized spacial score (nSPS) is 22.7. The molecule has 2 aliphatic heterocycles. The standard InChI is InChI=1S/C18H25N5O2/c1-22-11-16(9-21-22)12-23-13-18(14-23)8-15(3-7-25-18)2-6-24-17-10-19-4-5-20-17/h4-5,9-11,15H,2-3,6-8,12-14H2,1H3/t15-/m1/s1. The summed E-state index contributed by atoms with van der Waals surface area (Å²) in [4.78, 5) is 10.6. The van der Waals surface area contributed by atoms with Crippen LogP contribution in [0.15, 0.2) is 31.0 Å². The first kappa shape index (κ1) is 16.5. The van der Waals surface area contributed by atoms with Crippen molar-refractivity contribution in [1.82, 2.24) is 24.6 Å². The number of likely N-dealkylation sites (tertiary alicyclic amines) is 1. The molecular weight excluding hydrogens is 318 g/mol. The Bertz CT molecular complexity index is 684. The molecule has 0 amide bonds. The van der Waals surface area contributed by atoms with Crippen LogP contribution < -0.4 is 4.74 Å². The van der Waals surface area contributed by atoms with Crippen LogP contribution in [0.25, 0.3) is 0 Å². The van der Waals surface area contributed by atoms with Gasteiger partial charge in [-0.05, 0) is 25.2 Å². The molecule has 0 saturated carbocycles. The predicted molar refractivity (Wildman–Crippen MR) is 92.0 cm³/mol. The molecule has 2 fully saturated rings. The maximum Gasteiger partial charge on any atom is 0.232 e. The average Bonchev–Trinajstić information content (AvgIpc) is 3.00. The van der Waals surface area contributed by atoms with Gasteiger partial charge in [0.15, 0.2) is 0 Å². The van der Waals surface area contributed by atoms with E-state index < -0.39 is 0 Å². The second-order valence-corrected chi connectivity index (χ2v) is 7.24. The van der Waals surface area contributed by atoms with Crippen LogP contribution in [0, 0.1) is 5.92 Å². The summed E-state index contributed by atoms with van der Waals surface area (Å²) < 4.78 is 13.7. The minimum atomic E-state index is 0.0533. The summed E-state index contributed by atoms with van der Waals surface area (Å²) in [6.07, 6.45) is 12.3. The van der Waals surface area contributed by atoms with Crippen molar-refractivity contribution in [3.8, 4) is 5.88 Å². The Labute approximate surface area is 148 Å². The second kappa shape index (κ2) is 7.09. The lowest BCUT2D eigenvalue weighted by atomic mass is 9.79. The van der Waals surface area contributed by atoms with E-state index in [-0.39, 0.29) is 5.60 Å². The molecule has 7 heteroatoms. The molecule has 7 nitrogen and oxygen atoms in total. The fourth-order valence-corrected chi connectivity index (χ4v) is 3.98. The smallest absolute Gasteiger partial charge is 0.232 e. The zero-order chi connectivity index (χ0) is 17.1. The van der Waals surface area contributed by atoms with E-state index in [1.165, 1.54) is 5.56 Å². The third-order valence-electron chi connectivity index (χ3n) is 5.10. The van der Waals surface area contributed by atoms with Crippen molar-refractivity contribution < 1.29 is 9.47 Å². The highest BCUT2D eigenvalue weighted by atomic mass is 16.5. The molecule has 0 N–H and O–H groups in total. The minimum absolute atomic E-state index is 0.0533. The van der Waals surface area contributed by atoms with Crippen molar-refractivity contribution in [3.05, 3.63) is 36.5 Å². The fourth-order valence-electron chi connectivity index (χ4n) is 3.98. The summed E-state index contributed by atoms with van der Waals surface area (Å²) in [5, 5.41) is 4.24. The van der Waals surface area contributed by atoms with Crippen molar-refractivity contribution in [2.75, 3.05) is 26.3 Å². The topological polar surface area (TPSA) is 65.3 Å². The lowest BCUT2D eigenvalue weighted by Crippen LogP contribution is -2.64. The largest absolute Gasteiger partial charge is 0.477 e. The van der Waals surface area contributed by atoms with Gasteiger partial charge >= 0.3 is 0 Å². The molecule has 0 unspecified atom stereocenters. The number of rotatable bonds is 6. The maximum absolute atomic E-state index is 6.14. The number of aryl methyl sites for hydroxylation is 1. The zero-order valence-corrected chi connectivity index (χ0v) is 14.7.